The fraction of sp³-hybridized carbons (Fsp3) is 0.273. The second kappa shape index (κ2) is 5.98. The molecule has 0 saturated heterocycles. The molecule has 0 amide bonds. The number of nitriles is 1. The summed E-state index contributed by atoms with van der Waals surface area (Å²) in [4.78, 5) is 21.3. The smallest absolute Gasteiger partial charge is 0.310 e. The van der Waals surface area contributed by atoms with Crippen LogP contribution in [0.25, 0.3) is 0 Å². The lowest BCUT2D eigenvalue weighted by molar-refractivity contribution is -0.384. The number of halogens is 1. The largest absolute Gasteiger partial charge is 0.466 e. The molecule has 18 heavy (non-hydrogen) atoms. The average molecular weight is 269 g/mol. The number of carbonyl (C=O) groups is 1. The Labute approximate surface area is 108 Å². The number of ether oxygens (including phenoxy) is 1. The van der Waals surface area contributed by atoms with Crippen molar-refractivity contribution in [3.8, 4) is 6.07 Å². The van der Waals surface area contributed by atoms with Crippen molar-refractivity contribution in [1.29, 1.82) is 5.26 Å². The van der Waals surface area contributed by atoms with Crippen molar-refractivity contribution in [2.75, 3.05) is 6.61 Å². The predicted octanol–water partition coefficient (Wildman–Crippen LogP) is 2.23. The summed E-state index contributed by atoms with van der Waals surface area (Å²) in [5.74, 6) is -0.515. The van der Waals surface area contributed by atoms with Crippen LogP contribution in [0.15, 0.2) is 12.1 Å². The minimum Gasteiger partial charge on any atom is -0.466 e. The van der Waals surface area contributed by atoms with Crippen LogP contribution in [-0.2, 0) is 16.0 Å². The van der Waals surface area contributed by atoms with Gasteiger partial charge in [0.2, 0.25) is 0 Å². The quantitative estimate of drug-likeness (QED) is 0.474. The number of hydrogen-bond donors (Lipinski definition) is 0. The van der Waals surface area contributed by atoms with E-state index in [9.17, 15) is 14.9 Å². The van der Waals surface area contributed by atoms with Crippen molar-refractivity contribution in [3.63, 3.8) is 0 Å². The van der Waals surface area contributed by atoms with Crippen molar-refractivity contribution < 1.29 is 14.5 Å². The third-order valence-electron chi connectivity index (χ3n) is 2.16. The number of esters is 1. The molecule has 0 heterocycles. The predicted molar refractivity (Wildman–Crippen MR) is 63.2 cm³/mol. The van der Waals surface area contributed by atoms with Gasteiger partial charge >= 0.3 is 5.97 Å². The fourth-order valence-corrected chi connectivity index (χ4v) is 1.68. The van der Waals surface area contributed by atoms with E-state index in [1.54, 1.807) is 13.0 Å². The van der Waals surface area contributed by atoms with Gasteiger partial charge in [-0.1, -0.05) is 17.7 Å². The molecule has 0 aliphatic rings. The van der Waals surface area contributed by atoms with E-state index in [0.29, 0.717) is 5.56 Å². The molecule has 6 nitrogen and oxygen atoms in total. The third kappa shape index (κ3) is 2.96. The van der Waals surface area contributed by atoms with Crippen LogP contribution in [-0.4, -0.2) is 17.5 Å². The second-order valence-electron chi connectivity index (χ2n) is 3.28. The number of carbonyl (C=O) groups excluding carboxylic acids is 1. The van der Waals surface area contributed by atoms with Crippen LogP contribution < -0.4 is 0 Å². The van der Waals surface area contributed by atoms with E-state index in [4.69, 9.17) is 21.6 Å². The molecule has 0 radical (unpaired) electrons. The van der Waals surface area contributed by atoms with Gasteiger partial charge < -0.3 is 4.74 Å². The van der Waals surface area contributed by atoms with Gasteiger partial charge in [0.15, 0.2) is 0 Å². The zero-order valence-corrected chi connectivity index (χ0v) is 10.2. The van der Waals surface area contributed by atoms with Gasteiger partial charge in [-0.05, 0) is 12.5 Å². The van der Waals surface area contributed by atoms with E-state index < -0.39 is 10.9 Å². The lowest BCUT2D eigenvalue weighted by Gasteiger charge is -2.05. The summed E-state index contributed by atoms with van der Waals surface area (Å²) in [6.07, 6.45) is -0.144. The zero-order chi connectivity index (χ0) is 13.7. The Morgan fingerprint density at radius 1 is 1.61 bits per heavy atom. The molecule has 0 aromatic heterocycles. The first kappa shape index (κ1) is 13.9. The summed E-state index contributed by atoms with van der Waals surface area (Å²) < 4.78 is 4.74. The molecule has 0 fully saturated rings. The minimum atomic E-state index is -0.683. The molecule has 0 saturated carbocycles. The zero-order valence-electron chi connectivity index (χ0n) is 9.47. The SMILES string of the molecule is CCOC(=O)Cc1ccc([N+](=O)[O-])c(Cl)c1C#N. The highest BCUT2D eigenvalue weighted by atomic mass is 35.5. The van der Waals surface area contributed by atoms with Crippen LogP contribution in [0, 0.1) is 21.4 Å². The summed E-state index contributed by atoms with van der Waals surface area (Å²) in [6, 6.07) is 4.26. The highest BCUT2D eigenvalue weighted by molar-refractivity contribution is 6.34. The summed E-state index contributed by atoms with van der Waals surface area (Å²) in [5, 5.41) is 19.3. The topological polar surface area (TPSA) is 93.2 Å². The van der Waals surface area contributed by atoms with Gasteiger partial charge in [0.1, 0.15) is 11.1 Å². The van der Waals surface area contributed by atoms with Crippen LogP contribution in [0.5, 0.6) is 0 Å². The van der Waals surface area contributed by atoms with E-state index in [2.05, 4.69) is 0 Å². The number of hydrogen-bond acceptors (Lipinski definition) is 5. The van der Waals surface area contributed by atoms with E-state index in [0.717, 1.165) is 6.07 Å². The van der Waals surface area contributed by atoms with E-state index in [1.165, 1.54) is 6.07 Å². The first-order valence-corrected chi connectivity index (χ1v) is 5.40. The fourth-order valence-electron chi connectivity index (χ4n) is 1.38. The number of benzene rings is 1. The van der Waals surface area contributed by atoms with E-state index in [1.807, 2.05) is 0 Å². The van der Waals surface area contributed by atoms with E-state index >= 15 is 0 Å². The Hall–Kier alpha value is -2.13. The van der Waals surface area contributed by atoms with Crippen molar-refractivity contribution in [2.45, 2.75) is 13.3 Å². The maximum Gasteiger partial charge on any atom is 0.310 e. The molecule has 1 aromatic carbocycles. The van der Waals surface area contributed by atoms with E-state index in [-0.39, 0.29) is 29.3 Å². The first-order chi connectivity index (χ1) is 8.51. The lowest BCUT2D eigenvalue weighted by atomic mass is 10.0. The molecular formula is C11H9ClN2O4. The van der Waals surface area contributed by atoms with Gasteiger partial charge in [0, 0.05) is 6.07 Å². The Morgan fingerprint density at radius 3 is 2.78 bits per heavy atom. The Balaban J connectivity index is 3.16. The maximum atomic E-state index is 11.3. The van der Waals surface area contributed by atoms with Crippen molar-refractivity contribution in [2.24, 2.45) is 0 Å². The van der Waals surface area contributed by atoms with Crippen LogP contribution in [0.1, 0.15) is 18.1 Å². The Kier molecular flexibility index (Phi) is 4.63. The van der Waals surface area contributed by atoms with Gasteiger partial charge in [-0.15, -0.1) is 0 Å². The molecule has 94 valence electrons. The number of nitrogens with zero attached hydrogens (tertiary/aromatic N) is 2. The van der Waals surface area contributed by atoms with Gasteiger partial charge in [0.25, 0.3) is 5.69 Å². The third-order valence-corrected chi connectivity index (χ3v) is 2.54. The van der Waals surface area contributed by atoms with Crippen LogP contribution >= 0.6 is 11.6 Å². The number of rotatable bonds is 4. The normalized spacial score (nSPS) is 9.61. The Bertz CT molecular complexity index is 537. The second-order valence-corrected chi connectivity index (χ2v) is 3.66. The van der Waals surface area contributed by atoms with Crippen LogP contribution in [0.2, 0.25) is 5.02 Å². The molecule has 0 N–H and O–H groups in total. The summed E-state index contributed by atoms with van der Waals surface area (Å²) in [6.45, 7) is 1.88. The molecular weight excluding hydrogens is 260 g/mol. The van der Waals surface area contributed by atoms with Crippen LogP contribution in [0.4, 0.5) is 5.69 Å². The van der Waals surface area contributed by atoms with Crippen LogP contribution in [0.3, 0.4) is 0 Å². The van der Waals surface area contributed by atoms with Gasteiger partial charge in [-0.3, -0.25) is 14.9 Å². The van der Waals surface area contributed by atoms with Gasteiger partial charge in [-0.2, -0.15) is 5.26 Å². The molecule has 7 heteroatoms. The number of nitro groups is 1. The molecule has 0 atom stereocenters. The molecule has 1 rings (SSSR count). The maximum absolute atomic E-state index is 11.3. The molecule has 0 spiro atoms. The molecule has 0 aliphatic carbocycles. The molecule has 1 aromatic rings. The van der Waals surface area contributed by atoms with Gasteiger partial charge in [-0.25, -0.2) is 0 Å². The summed E-state index contributed by atoms with van der Waals surface area (Å²) in [5.41, 5.74) is -0.119. The lowest BCUT2D eigenvalue weighted by Crippen LogP contribution is -2.09. The summed E-state index contributed by atoms with van der Waals surface area (Å²) in [7, 11) is 0. The average Bonchev–Trinajstić information content (AvgIpc) is 2.29. The van der Waals surface area contributed by atoms with Gasteiger partial charge in [0.05, 0.1) is 23.5 Å². The molecule has 0 aliphatic heterocycles. The molecule has 0 unspecified atom stereocenters. The van der Waals surface area contributed by atoms with Crippen molar-refractivity contribution >= 4 is 23.3 Å². The standard InChI is InChI=1S/C11H9ClN2O4/c1-2-18-10(15)5-7-3-4-9(14(16)17)11(12)8(7)6-13/h3-4H,2,5H2,1H3. The first-order valence-electron chi connectivity index (χ1n) is 5.02. The molecule has 0 bridgehead atoms. The van der Waals surface area contributed by atoms with Crippen molar-refractivity contribution in [1.82, 2.24) is 0 Å². The monoisotopic (exact) mass is 268 g/mol. The Morgan fingerprint density at radius 2 is 2.28 bits per heavy atom. The van der Waals surface area contributed by atoms with Crippen molar-refractivity contribution in [3.05, 3.63) is 38.4 Å². The number of nitro benzene ring substituents is 1. The highest BCUT2D eigenvalue weighted by Gasteiger charge is 2.20. The minimum absolute atomic E-state index is 0.0704. The summed E-state index contributed by atoms with van der Waals surface area (Å²) >= 11 is 5.75. The highest BCUT2D eigenvalue weighted by Crippen LogP contribution is 2.30.